The van der Waals surface area contributed by atoms with Gasteiger partial charge in [0.1, 0.15) is 6.10 Å². The smallest absolute Gasteiger partial charge is 0.141 e. The van der Waals surface area contributed by atoms with E-state index in [2.05, 4.69) is 35.5 Å². The first kappa shape index (κ1) is 13.4. The van der Waals surface area contributed by atoms with Crippen LogP contribution in [0.3, 0.4) is 0 Å². The highest BCUT2D eigenvalue weighted by Gasteiger charge is 1.99. The molecule has 0 bridgehead atoms. The van der Waals surface area contributed by atoms with E-state index in [4.69, 9.17) is 9.84 Å². The second kappa shape index (κ2) is 7.55. The number of thiophene rings is 1. The van der Waals surface area contributed by atoms with Gasteiger partial charge >= 0.3 is 0 Å². The van der Waals surface area contributed by atoms with Gasteiger partial charge in [-0.15, -0.1) is 11.3 Å². The molecule has 2 nitrogen and oxygen atoms in total. The molecule has 1 heterocycles. The Morgan fingerprint density at radius 2 is 2.00 bits per heavy atom. The topological polar surface area (TPSA) is 29.5 Å². The maximum absolute atomic E-state index is 8.89. The lowest BCUT2D eigenvalue weighted by molar-refractivity contribution is 0.0884. The van der Waals surface area contributed by atoms with E-state index in [1.165, 1.54) is 18.4 Å². The molecule has 3 heteroatoms. The normalized spacial score (nSPS) is 10.1. The van der Waals surface area contributed by atoms with Crippen LogP contribution in [0, 0.1) is 35.5 Å². The molecular weight excluding hydrogens is 232 g/mol. The monoisotopic (exact) mass is 244 g/mol. The molecule has 0 radical (unpaired) electrons. The van der Waals surface area contributed by atoms with E-state index in [-0.39, 0.29) is 6.61 Å². The zero-order chi connectivity index (χ0) is 12.5. The molecule has 0 fully saturated rings. The number of hydrogen-bond donors (Lipinski definition) is 1. The van der Waals surface area contributed by atoms with E-state index >= 15 is 0 Å². The van der Waals surface area contributed by atoms with Crippen molar-refractivity contribution in [2.24, 2.45) is 0 Å². The molecule has 17 heavy (non-hydrogen) atoms. The van der Waals surface area contributed by atoms with Crippen LogP contribution in [0.4, 0.5) is 0 Å². The summed E-state index contributed by atoms with van der Waals surface area (Å²) in [7, 11) is 1.52. The zero-order valence-electron chi connectivity index (χ0n) is 9.70. The molecule has 0 saturated heterocycles. The Balaban J connectivity index is 2.75. The van der Waals surface area contributed by atoms with Crippen molar-refractivity contribution < 1.29 is 9.84 Å². The number of aliphatic hydroxyl groups is 1. The van der Waals surface area contributed by atoms with Crippen molar-refractivity contribution >= 4 is 11.3 Å². The third-order valence-electron chi connectivity index (χ3n) is 1.79. The molecule has 1 N–H and O–H groups in total. The second-order valence-corrected chi connectivity index (χ2v) is 4.05. The molecule has 0 aliphatic carbocycles. The van der Waals surface area contributed by atoms with Crippen LogP contribution in [0.5, 0.6) is 0 Å². The molecule has 1 rings (SSSR count). The maximum Gasteiger partial charge on any atom is 0.141 e. The van der Waals surface area contributed by atoms with Crippen LogP contribution in [0.1, 0.15) is 16.7 Å². The van der Waals surface area contributed by atoms with Gasteiger partial charge in [0.05, 0.1) is 16.4 Å². The van der Waals surface area contributed by atoms with Crippen LogP contribution in [0.25, 0.3) is 0 Å². The van der Waals surface area contributed by atoms with Crippen LogP contribution in [-0.2, 0) is 4.74 Å². The van der Waals surface area contributed by atoms with E-state index in [1.807, 2.05) is 12.1 Å². The molecule has 1 aromatic rings. The van der Waals surface area contributed by atoms with Gasteiger partial charge in [0, 0.05) is 7.11 Å². The molecule has 0 saturated carbocycles. The average Bonchev–Trinajstić information content (AvgIpc) is 2.79. The second-order valence-electron chi connectivity index (χ2n) is 2.97. The van der Waals surface area contributed by atoms with Gasteiger partial charge in [-0.2, -0.15) is 0 Å². The van der Waals surface area contributed by atoms with Crippen molar-refractivity contribution in [3.63, 3.8) is 0 Å². The Bertz CT molecular complexity index is 534. The molecule has 1 atom stereocenters. The van der Waals surface area contributed by atoms with Gasteiger partial charge in [0.15, 0.2) is 0 Å². The van der Waals surface area contributed by atoms with Gasteiger partial charge in [-0.1, -0.05) is 17.8 Å². The number of methoxy groups -OCH3 is 1. The fraction of sp³-hybridized carbons (Fsp3) is 0.286. The summed E-state index contributed by atoms with van der Waals surface area (Å²) >= 11 is 1.49. The first-order valence-corrected chi connectivity index (χ1v) is 5.79. The fourth-order valence-electron chi connectivity index (χ4n) is 0.958. The van der Waals surface area contributed by atoms with E-state index in [0.717, 1.165) is 9.75 Å². The summed E-state index contributed by atoms with van der Waals surface area (Å²) in [6.45, 7) is 1.65. The highest BCUT2D eigenvalue weighted by molar-refractivity contribution is 7.13. The van der Waals surface area contributed by atoms with E-state index in [1.54, 1.807) is 6.92 Å². The Labute approximate surface area is 106 Å². The minimum Gasteiger partial charge on any atom is -0.393 e. The molecule has 86 valence electrons. The van der Waals surface area contributed by atoms with Gasteiger partial charge in [-0.3, -0.25) is 0 Å². The first-order chi connectivity index (χ1) is 8.30. The van der Waals surface area contributed by atoms with Crippen LogP contribution in [-0.4, -0.2) is 24.9 Å². The number of aliphatic hydroxyl groups excluding tert-OH is 1. The lowest BCUT2D eigenvalue weighted by Crippen LogP contribution is -2.12. The van der Waals surface area contributed by atoms with Gasteiger partial charge in [-0.25, -0.2) is 0 Å². The fourth-order valence-corrected chi connectivity index (χ4v) is 1.68. The zero-order valence-corrected chi connectivity index (χ0v) is 10.5. The van der Waals surface area contributed by atoms with E-state index in [0.29, 0.717) is 0 Å². The Hall–Kier alpha value is -1.70. The van der Waals surface area contributed by atoms with Crippen LogP contribution in [0.15, 0.2) is 12.1 Å². The van der Waals surface area contributed by atoms with Crippen molar-refractivity contribution in [2.45, 2.75) is 13.0 Å². The molecular formula is C14H12O2S. The molecule has 0 spiro atoms. The van der Waals surface area contributed by atoms with Crippen LogP contribution in [0.2, 0.25) is 0 Å². The van der Waals surface area contributed by atoms with E-state index in [9.17, 15) is 0 Å². The lowest BCUT2D eigenvalue weighted by atomic mass is 10.3. The summed E-state index contributed by atoms with van der Waals surface area (Å²) in [6.07, 6.45) is -0.433. The maximum atomic E-state index is 8.89. The molecule has 0 aliphatic heterocycles. The van der Waals surface area contributed by atoms with Gasteiger partial charge in [0.25, 0.3) is 0 Å². The summed E-state index contributed by atoms with van der Waals surface area (Å²) < 4.78 is 4.94. The summed E-state index contributed by atoms with van der Waals surface area (Å²) in [5.41, 5.74) is 0. The molecule has 0 amide bonds. The van der Waals surface area contributed by atoms with Crippen LogP contribution < -0.4 is 0 Å². The van der Waals surface area contributed by atoms with E-state index < -0.39 is 6.10 Å². The van der Waals surface area contributed by atoms with Crippen molar-refractivity contribution in [1.82, 2.24) is 0 Å². The van der Waals surface area contributed by atoms with Gasteiger partial charge < -0.3 is 9.84 Å². The van der Waals surface area contributed by atoms with Gasteiger partial charge in [-0.05, 0) is 36.8 Å². The summed E-state index contributed by atoms with van der Waals surface area (Å²) in [4.78, 5) is 1.82. The highest BCUT2D eigenvalue weighted by atomic mass is 32.1. The van der Waals surface area contributed by atoms with Crippen molar-refractivity contribution in [3.05, 3.63) is 21.9 Å². The summed E-state index contributed by atoms with van der Waals surface area (Å²) in [6, 6.07) is 3.80. The molecule has 0 aromatic carbocycles. The van der Waals surface area contributed by atoms with Crippen molar-refractivity contribution in [2.75, 3.05) is 13.7 Å². The summed E-state index contributed by atoms with van der Waals surface area (Å²) in [5, 5.41) is 8.89. The highest BCUT2D eigenvalue weighted by Crippen LogP contribution is 2.13. The number of hydrogen-bond acceptors (Lipinski definition) is 3. The Morgan fingerprint density at radius 3 is 2.59 bits per heavy atom. The first-order valence-electron chi connectivity index (χ1n) is 4.98. The minimum atomic E-state index is -0.433. The largest absolute Gasteiger partial charge is 0.393 e. The number of rotatable bonds is 2. The average molecular weight is 244 g/mol. The third kappa shape index (κ3) is 4.77. The lowest BCUT2D eigenvalue weighted by Gasteiger charge is -2.01. The summed E-state index contributed by atoms with van der Waals surface area (Å²) in [5.74, 6) is 16.8. The quantitative estimate of drug-likeness (QED) is 0.799. The standard InChI is InChI=1S/C14H12O2S/c1-3-4-5-6-13-9-10-14(17-13)8-7-12(11-15)16-2/h9-10,12,15H,11H2,1-2H3. The number of ether oxygens (including phenoxy) is 1. The predicted octanol–water partition coefficient (Wildman–Crippen LogP) is 1.48. The molecule has 1 unspecified atom stereocenters. The Morgan fingerprint density at radius 1 is 1.29 bits per heavy atom. The Kier molecular flexibility index (Phi) is 5.94. The molecule has 0 aliphatic rings. The predicted molar refractivity (Wildman–Crippen MR) is 69.4 cm³/mol. The van der Waals surface area contributed by atoms with Crippen molar-refractivity contribution in [3.8, 4) is 35.5 Å². The molecule has 1 aromatic heterocycles. The third-order valence-corrected chi connectivity index (χ3v) is 2.70. The SMILES string of the molecule is CC#CC#Cc1ccc(C#CC(CO)OC)s1. The van der Waals surface area contributed by atoms with Gasteiger partial charge in [0.2, 0.25) is 0 Å². The van der Waals surface area contributed by atoms with Crippen molar-refractivity contribution in [1.29, 1.82) is 0 Å². The van der Waals surface area contributed by atoms with Crippen LogP contribution >= 0.6 is 11.3 Å². The minimum absolute atomic E-state index is 0.104.